The van der Waals surface area contributed by atoms with Gasteiger partial charge in [0.1, 0.15) is 6.54 Å². The van der Waals surface area contributed by atoms with Gasteiger partial charge in [-0.15, -0.1) is 0 Å². The molecule has 0 heterocycles. The number of hydrogen-bond donors (Lipinski definition) is 1. The molecule has 3 atom stereocenters. The molecule has 0 amide bonds. The lowest BCUT2D eigenvalue weighted by atomic mass is 9.69. The second-order valence-electron chi connectivity index (χ2n) is 7.28. The summed E-state index contributed by atoms with van der Waals surface area (Å²) in [4.78, 5) is 0. The van der Waals surface area contributed by atoms with Gasteiger partial charge in [0, 0.05) is 22.4 Å². The van der Waals surface area contributed by atoms with Crippen LogP contribution < -0.4 is 17.7 Å². The molecule has 0 spiro atoms. The van der Waals surface area contributed by atoms with Gasteiger partial charge in [-0.2, -0.15) is 0 Å². The molecule has 2 saturated carbocycles. The fraction of sp³-hybridized carbons (Fsp3) is 0.647. The maximum atomic E-state index is 5.94. The summed E-state index contributed by atoms with van der Waals surface area (Å²) in [6, 6.07) is 9.09. The first kappa shape index (κ1) is 16.1. The van der Waals surface area contributed by atoms with Gasteiger partial charge in [-0.25, -0.2) is 0 Å². The minimum atomic E-state index is 0. The van der Waals surface area contributed by atoms with E-state index in [2.05, 4.69) is 38.2 Å². The van der Waals surface area contributed by atoms with Crippen molar-refractivity contribution >= 4 is 11.6 Å². The van der Waals surface area contributed by atoms with E-state index in [0.717, 1.165) is 23.5 Å². The lowest BCUT2D eigenvalue weighted by Crippen LogP contribution is -3.00. The van der Waals surface area contributed by atoms with Crippen LogP contribution >= 0.6 is 11.6 Å². The molecule has 2 aliphatic rings. The van der Waals surface area contributed by atoms with Crippen LogP contribution in [-0.2, 0) is 6.54 Å². The number of rotatable bonds is 3. The molecule has 2 aliphatic carbocycles. The SMILES string of the molecule is CC1(C)C2CCC1(C)C([NH2+]Cc1ccc(Cl)cc1)C2.[Cl-]. The Morgan fingerprint density at radius 3 is 2.35 bits per heavy atom. The van der Waals surface area contributed by atoms with E-state index in [9.17, 15) is 0 Å². The third-order valence-electron chi connectivity index (χ3n) is 6.41. The van der Waals surface area contributed by atoms with Gasteiger partial charge in [0.25, 0.3) is 0 Å². The molecule has 2 N–H and O–H groups in total. The fourth-order valence-corrected chi connectivity index (χ4v) is 4.65. The van der Waals surface area contributed by atoms with Crippen molar-refractivity contribution in [3.63, 3.8) is 0 Å². The van der Waals surface area contributed by atoms with Crippen molar-refractivity contribution in [1.29, 1.82) is 0 Å². The van der Waals surface area contributed by atoms with Crippen LogP contribution in [0.1, 0.15) is 45.6 Å². The minimum Gasteiger partial charge on any atom is -1.00 e. The zero-order valence-corrected chi connectivity index (χ0v) is 14.1. The van der Waals surface area contributed by atoms with Gasteiger partial charge in [0.05, 0.1) is 6.04 Å². The van der Waals surface area contributed by atoms with Gasteiger partial charge < -0.3 is 17.7 Å². The Morgan fingerprint density at radius 1 is 1.20 bits per heavy atom. The van der Waals surface area contributed by atoms with Crippen LogP contribution in [0.2, 0.25) is 5.02 Å². The van der Waals surface area contributed by atoms with E-state index in [0.29, 0.717) is 10.8 Å². The van der Waals surface area contributed by atoms with Crippen LogP contribution in [0, 0.1) is 16.7 Å². The number of fused-ring (bicyclic) bond motifs is 2. The van der Waals surface area contributed by atoms with Crippen molar-refractivity contribution in [2.75, 3.05) is 0 Å². The fourth-order valence-electron chi connectivity index (χ4n) is 4.52. The monoisotopic (exact) mass is 313 g/mol. The highest BCUT2D eigenvalue weighted by Gasteiger charge is 2.63. The molecule has 3 unspecified atom stereocenters. The molecular formula is C17H25Cl2N. The molecule has 2 bridgehead atoms. The molecule has 1 aromatic carbocycles. The van der Waals surface area contributed by atoms with Crippen molar-refractivity contribution in [1.82, 2.24) is 0 Å². The Morgan fingerprint density at radius 2 is 1.85 bits per heavy atom. The maximum Gasteiger partial charge on any atom is 0.101 e. The average Bonchev–Trinajstić information content (AvgIpc) is 2.71. The van der Waals surface area contributed by atoms with Gasteiger partial charge >= 0.3 is 0 Å². The van der Waals surface area contributed by atoms with Gasteiger partial charge in [0.15, 0.2) is 0 Å². The highest BCUT2D eigenvalue weighted by Crippen LogP contribution is 2.64. The Hall–Kier alpha value is -0.240. The largest absolute Gasteiger partial charge is 1.00 e. The van der Waals surface area contributed by atoms with E-state index in [1.165, 1.54) is 24.8 Å². The molecule has 1 nitrogen and oxygen atoms in total. The van der Waals surface area contributed by atoms with Crippen molar-refractivity contribution in [3.8, 4) is 0 Å². The molecule has 0 saturated heterocycles. The smallest absolute Gasteiger partial charge is 0.101 e. The normalized spacial score (nSPS) is 34.0. The summed E-state index contributed by atoms with van der Waals surface area (Å²) in [6.45, 7) is 8.57. The first-order valence-electron chi connectivity index (χ1n) is 7.51. The number of quaternary nitrogens is 1. The third kappa shape index (κ3) is 2.38. The average molecular weight is 314 g/mol. The first-order valence-corrected chi connectivity index (χ1v) is 7.89. The second kappa shape index (κ2) is 5.51. The van der Waals surface area contributed by atoms with Crippen LogP contribution in [0.25, 0.3) is 0 Å². The van der Waals surface area contributed by atoms with Crippen LogP contribution in [0.5, 0.6) is 0 Å². The molecule has 3 heteroatoms. The van der Waals surface area contributed by atoms with Crippen LogP contribution in [0.4, 0.5) is 0 Å². The highest BCUT2D eigenvalue weighted by atomic mass is 35.5. The van der Waals surface area contributed by atoms with Crippen LogP contribution in [-0.4, -0.2) is 6.04 Å². The topological polar surface area (TPSA) is 16.6 Å². The minimum absolute atomic E-state index is 0. The van der Waals surface area contributed by atoms with Crippen molar-refractivity contribution in [3.05, 3.63) is 34.9 Å². The summed E-state index contributed by atoms with van der Waals surface area (Å²) in [5, 5.41) is 3.40. The standard InChI is InChI=1S/C17H24ClN.ClH/c1-16(2)13-8-9-17(16,3)15(10-13)19-11-12-4-6-14(18)7-5-12;/h4-7,13,15,19H,8-11H2,1-3H3;1H. The van der Waals surface area contributed by atoms with E-state index >= 15 is 0 Å². The molecule has 1 aromatic rings. The lowest BCUT2D eigenvalue weighted by Gasteiger charge is -2.37. The molecule has 20 heavy (non-hydrogen) atoms. The molecule has 112 valence electrons. The Balaban J connectivity index is 0.00000147. The summed E-state index contributed by atoms with van der Waals surface area (Å²) in [5.74, 6) is 0.934. The van der Waals surface area contributed by atoms with Gasteiger partial charge in [-0.1, -0.05) is 44.5 Å². The Labute approximate surface area is 133 Å². The predicted molar refractivity (Wildman–Crippen MR) is 80.1 cm³/mol. The van der Waals surface area contributed by atoms with Gasteiger partial charge in [-0.05, 0) is 36.3 Å². The zero-order chi connectivity index (χ0) is 13.7. The molecule has 3 rings (SSSR count). The Kier molecular flexibility index (Phi) is 4.45. The second-order valence-corrected chi connectivity index (χ2v) is 7.72. The third-order valence-corrected chi connectivity index (χ3v) is 6.66. The Bertz CT molecular complexity index is 468. The quantitative estimate of drug-likeness (QED) is 0.842. The summed E-state index contributed by atoms with van der Waals surface area (Å²) >= 11 is 5.94. The van der Waals surface area contributed by atoms with E-state index < -0.39 is 0 Å². The molecule has 0 aromatic heterocycles. The van der Waals surface area contributed by atoms with E-state index in [1.54, 1.807) is 0 Å². The number of hydrogen-bond acceptors (Lipinski definition) is 0. The van der Waals surface area contributed by atoms with E-state index in [4.69, 9.17) is 11.6 Å². The van der Waals surface area contributed by atoms with Crippen LogP contribution in [0.3, 0.4) is 0 Å². The van der Waals surface area contributed by atoms with Gasteiger partial charge in [-0.3, -0.25) is 0 Å². The number of halogens is 2. The maximum absolute atomic E-state index is 5.94. The van der Waals surface area contributed by atoms with Crippen molar-refractivity contribution < 1.29 is 17.7 Å². The number of nitrogens with two attached hydrogens (primary N) is 1. The molecule has 0 radical (unpaired) electrons. The van der Waals surface area contributed by atoms with Crippen molar-refractivity contribution in [2.45, 2.75) is 52.6 Å². The molecule has 2 fully saturated rings. The lowest BCUT2D eigenvalue weighted by molar-refractivity contribution is -0.717. The first-order chi connectivity index (χ1) is 8.93. The highest BCUT2D eigenvalue weighted by molar-refractivity contribution is 6.30. The van der Waals surface area contributed by atoms with Gasteiger partial charge in [0.2, 0.25) is 0 Å². The van der Waals surface area contributed by atoms with E-state index in [-0.39, 0.29) is 12.4 Å². The van der Waals surface area contributed by atoms with Crippen molar-refractivity contribution in [2.24, 2.45) is 16.7 Å². The number of benzene rings is 1. The summed E-state index contributed by atoms with van der Waals surface area (Å²) in [6.07, 6.45) is 4.25. The molecule has 0 aliphatic heterocycles. The summed E-state index contributed by atoms with van der Waals surface area (Å²) < 4.78 is 0. The summed E-state index contributed by atoms with van der Waals surface area (Å²) in [5.41, 5.74) is 2.42. The molecular weight excluding hydrogens is 289 g/mol. The predicted octanol–water partition coefficient (Wildman–Crippen LogP) is 0.622. The zero-order valence-electron chi connectivity index (χ0n) is 12.6. The summed E-state index contributed by atoms with van der Waals surface area (Å²) in [7, 11) is 0. The van der Waals surface area contributed by atoms with Crippen LogP contribution in [0.15, 0.2) is 24.3 Å². The van der Waals surface area contributed by atoms with E-state index in [1.807, 2.05) is 12.1 Å².